The van der Waals surface area contributed by atoms with Gasteiger partial charge in [0.15, 0.2) is 0 Å². The molecule has 0 atom stereocenters. The predicted molar refractivity (Wildman–Crippen MR) is 64.3 cm³/mol. The first-order valence-corrected chi connectivity index (χ1v) is 5.83. The second-order valence-electron chi connectivity index (χ2n) is 4.33. The molecule has 0 aromatic carbocycles. The number of rotatable bonds is 4. The van der Waals surface area contributed by atoms with Gasteiger partial charge in [-0.2, -0.15) is 0 Å². The predicted octanol–water partition coefficient (Wildman–Crippen LogP) is 0.791. The van der Waals surface area contributed by atoms with Crippen LogP contribution in [0.1, 0.15) is 20.8 Å². The van der Waals surface area contributed by atoms with Crippen LogP contribution in [0.25, 0.3) is 0 Å². The number of carbonyl (C=O) groups is 1. The third-order valence-corrected chi connectivity index (χ3v) is 2.91. The summed E-state index contributed by atoms with van der Waals surface area (Å²) in [4.78, 5) is 13.9. The van der Waals surface area contributed by atoms with Gasteiger partial charge in [-0.05, 0) is 20.8 Å². The summed E-state index contributed by atoms with van der Waals surface area (Å²) in [7, 11) is 0. The van der Waals surface area contributed by atoms with Crippen LogP contribution < -0.4 is 5.32 Å². The van der Waals surface area contributed by atoms with Crippen molar-refractivity contribution in [2.75, 3.05) is 39.4 Å². The summed E-state index contributed by atoms with van der Waals surface area (Å²) in [6.45, 7) is 10.9. The summed E-state index contributed by atoms with van der Waals surface area (Å²) in [6.07, 6.45) is 0. The molecule has 0 bridgehead atoms. The van der Waals surface area contributed by atoms with Gasteiger partial charge in [-0.3, -0.25) is 9.69 Å². The first-order valence-electron chi connectivity index (χ1n) is 5.83. The highest BCUT2D eigenvalue weighted by Crippen LogP contribution is 2.01. The molecule has 0 unspecified atom stereocenters. The summed E-state index contributed by atoms with van der Waals surface area (Å²) in [6, 6.07) is 0. The lowest BCUT2D eigenvalue weighted by Crippen LogP contribution is -2.41. The smallest absolute Gasteiger partial charge is 0.246 e. The van der Waals surface area contributed by atoms with Crippen molar-refractivity contribution in [1.29, 1.82) is 0 Å². The maximum absolute atomic E-state index is 11.6. The summed E-state index contributed by atoms with van der Waals surface area (Å²) < 4.78 is 5.26. The highest BCUT2D eigenvalue weighted by atomic mass is 16.5. The van der Waals surface area contributed by atoms with Gasteiger partial charge in [-0.25, -0.2) is 0 Å². The molecule has 16 heavy (non-hydrogen) atoms. The lowest BCUT2D eigenvalue weighted by atomic mass is 10.1. The molecular formula is C12H22N2O2. The minimum Gasteiger partial charge on any atom is -0.379 e. The Morgan fingerprint density at radius 2 is 1.88 bits per heavy atom. The maximum atomic E-state index is 11.6. The zero-order chi connectivity index (χ0) is 12.0. The van der Waals surface area contributed by atoms with Crippen LogP contribution in [0.5, 0.6) is 0 Å². The van der Waals surface area contributed by atoms with Gasteiger partial charge in [0.05, 0.1) is 13.2 Å². The largest absolute Gasteiger partial charge is 0.379 e. The van der Waals surface area contributed by atoms with Crippen LogP contribution in [0, 0.1) is 0 Å². The number of amides is 1. The minimum absolute atomic E-state index is 0.0493. The molecule has 0 saturated carbocycles. The standard InChI is InChI=1S/C12H22N2O2/c1-10(2)11(3)12(15)13-4-5-14-6-8-16-9-7-14/h4-9H2,1-3H3,(H,13,15). The molecule has 1 N–H and O–H groups in total. The van der Waals surface area contributed by atoms with Gasteiger partial charge in [0.1, 0.15) is 0 Å². The van der Waals surface area contributed by atoms with E-state index in [2.05, 4.69) is 10.2 Å². The van der Waals surface area contributed by atoms with Gasteiger partial charge in [0.25, 0.3) is 0 Å². The SMILES string of the molecule is CC(C)=C(C)C(=O)NCCN1CCOCC1. The molecule has 1 rings (SSSR count). The Balaban J connectivity index is 2.20. The normalized spacial score (nSPS) is 16.9. The number of allylic oxidation sites excluding steroid dienone is 1. The number of carbonyl (C=O) groups excluding carboxylic acids is 1. The summed E-state index contributed by atoms with van der Waals surface area (Å²) >= 11 is 0. The van der Waals surface area contributed by atoms with Crippen LogP contribution >= 0.6 is 0 Å². The molecule has 0 aromatic heterocycles. The second kappa shape index (κ2) is 6.66. The van der Waals surface area contributed by atoms with Crippen molar-refractivity contribution in [3.63, 3.8) is 0 Å². The highest BCUT2D eigenvalue weighted by Gasteiger charge is 2.10. The Labute approximate surface area is 97.6 Å². The monoisotopic (exact) mass is 226 g/mol. The quantitative estimate of drug-likeness (QED) is 0.721. The number of nitrogens with one attached hydrogen (secondary N) is 1. The average Bonchev–Trinajstić information content (AvgIpc) is 2.29. The van der Waals surface area contributed by atoms with Gasteiger partial charge in [0.2, 0.25) is 5.91 Å². The van der Waals surface area contributed by atoms with Crippen molar-refractivity contribution in [1.82, 2.24) is 10.2 Å². The van der Waals surface area contributed by atoms with E-state index in [9.17, 15) is 4.79 Å². The molecular weight excluding hydrogens is 204 g/mol. The molecule has 1 aliphatic heterocycles. The Bertz CT molecular complexity index is 264. The first kappa shape index (κ1) is 13.2. The summed E-state index contributed by atoms with van der Waals surface area (Å²) in [5, 5.41) is 2.93. The highest BCUT2D eigenvalue weighted by molar-refractivity contribution is 5.93. The lowest BCUT2D eigenvalue weighted by Gasteiger charge is -2.26. The second-order valence-corrected chi connectivity index (χ2v) is 4.33. The van der Waals surface area contributed by atoms with Crippen molar-refractivity contribution in [3.05, 3.63) is 11.1 Å². The van der Waals surface area contributed by atoms with Crippen LogP contribution in [0.15, 0.2) is 11.1 Å². The van der Waals surface area contributed by atoms with E-state index < -0.39 is 0 Å². The minimum atomic E-state index is 0.0493. The molecule has 1 saturated heterocycles. The molecule has 1 amide bonds. The van der Waals surface area contributed by atoms with Crippen molar-refractivity contribution < 1.29 is 9.53 Å². The number of ether oxygens (including phenoxy) is 1. The van der Waals surface area contributed by atoms with Gasteiger partial charge in [0, 0.05) is 31.8 Å². The van der Waals surface area contributed by atoms with Crippen LogP contribution in [-0.2, 0) is 9.53 Å². The number of hydrogen-bond donors (Lipinski definition) is 1. The van der Waals surface area contributed by atoms with Gasteiger partial charge in [-0.15, -0.1) is 0 Å². The molecule has 4 heteroatoms. The maximum Gasteiger partial charge on any atom is 0.246 e. The number of nitrogens with zero attached hydrogens (tertiary/aromatic N) is 1. The van der Waals surface area contributed by atoms with Crippen LogP contribution in [0.2, 0.25) is 0 Å². The van der Waals surface area contributed by atoms with E-state index in [-0.39, 0.29) is 5.91 Å². The van der Waals surface area contributed by atoms with Gasteiger partial charge in [-0.1, -0.05) is 5.57 Å². The Morgan fingerprint density at radius 1 is 1.25 bits per heavy atom. The molecule has 1 heterocycles. The third kappa shape index (κ3) is 4.33. The van der Waals surface area contributed by atoms with Crippen LogP contribution in [0.3, 0.4) is 0 Å². The van der Waals surface area contributed by atoms with Crippen molar-refractivity contribution >= 4 is 5.91 Å². The van der Waals surface area contributed by atoms with Crippen molar-refractivity contribution in [2.24, 2.45) is 0 Å². The average molecular weight is 226 g/mol. The van der Waals surface area contributed by atoms with E-state index in [0.29, 0.717) is 6.54 Å². The van der Waals surface area contributed by atoms with E-state index in [1.807, 2.05) is 20.8 Å². The fraction of sp³-hybridized carbons (Fsp3) is 0.750. The summed E-state index contributed by atoms with van der Waals surface area (Å²) in [5.74, 6) is 0.0493. The van der Waals surface area contributed by atoms with Crippen LogP contribution in [-0.4, -0.2) is 50.2 Å². The molecule has 0 aromatic rings. The molecule has 92 valence electrons. The molecule has 0 aliphatic carbocycles. The number of morpholine rings is 1. The molecule has 0 spiro atoms. The van der Waals surface area contributed by atoms with Gasteiger partial charge >= 0.3 is 0 Å². The van der Waals surface area contributed by atoms with Crippen molar-refractivity contribution in [2.45, 2.75) is 20.8 Å². The molecule has 1 fully saturated rings. The van der Waals surface area contributed by atoms with E-state index >= 15 is 0 Å². The first-order chi connectivity index (χ1) is 7.61. The summed E-state index contributed by atoms with van der Waals surface area (Å²) in [5.41, 5.74) is 1.89. The fourth-order valence-electron chi connectivity index (χ4n) is 1.51. The van der Waals surface area contributed by atoms with E-state index in [1.165, 1.54) is 0 Å². The molecule has 1 aliphatic rings. The lowest BCUT2D eigenvalue weighted by molar-refractivity contribution is -0.117. The van der Waals surface area contributed by atoms with Gasteiger partial charge < -0.3 is 10.1 Å². The van der Waals surface area contributed by atoms with Crippen molar-refractivity contribution in [3.8, 4) is 0 Å². The van der Waals surface area contributed by atoms with E-state index in [1.54, 1.807) is 0 Å². The fourth-order valence-corrected chi connectivity index (χ4v) is 1.51. The topological polar surface area (TPSA) is 41.6 Å². The third-order valence-electron chi connectivity index (χ3n) is 2.91. The Morgan fingerprint density at radius 3 is 2.44 bits per heavy atom. The zero-order valence-corrected chi connectivity index (χ0v) is 10.5. The van der Waals surface area contributed by atoms with Crippen LogP contribution in [0.4, 0.5) is 0 Å². The molecule has 4 nitrogen and oxygen atoms in total. The molecule has 0 radical (unpaired) electrons. The Kier molecular flexibility index (Phi) is 5.49. The van der Waals surface area contributed by atoms with E-state index in [0.717, 1.165) is 44.0 Å². The zero-order valence-electron chi connectivity index (χ0n) is 10.5. The Hall–Kier alpha value is -0.870. The number of hydrogen-bond acceptors (Lipinski definition) is 3. The van der Waals surface area contributed by atoms with E-state index in [4.69, 9.17) is 4.74 Å².